The van der Waals surface area contributed by atoms with Gasteiger partial charge >= 0.3 is 6.09 Å². The molecule has 0 aliphatic rings. The fraction of sp³-hybridized carbons (Fsp3) is 0.381. The Morgan fingerprint density at radius 1 is 1.19 bits per heavy atom. The van der Waals surface area contributed by atoms with Crippen LogP contribution >= 0.6 is 11.3 Å². The third-order valence-corrected chi connectivity index (χ3v) is 5.76. The van der Waals surface area contributed by atoms with Crippen LogP contribution in [0.1, 0.15) is 50.0 Å². The third kappa shape index (κ3) is 6.14. The molecule has 2 aromatic heterocycles. The highest BCUT2D eigenvalue weighted by Gasteiger charge is 2.19. The second-order valence-corrected chi connectivity index (χ2v) is 9.65. The van der Waals surface area contributed by atoms with Crippen molar-refractivity contribution in [3.05, 3.63) is 53.1 Å². The molecule has 0 saturated carbocycles. The number of aromatic nitrogens is 3. The van der Waals surface area contributed by atoms with Gasteiger partial charge in [-0.1, -0.05) is 63.3 Å². The molecule has 2 heterocycles. The van der Waals surface area contributed by atoms with Crippen molar-refractivity contribution in [3.63, 3.8) is 0 Å². The molecular formula is C21H26N4O4S2. The van der Waals surface area contributed by atoms with Gasteiger partial charge in [-0.3, -0.25) is 0 Å². The van der Waals surface area contributed by atoms with Crippen LogP contribution in [0.4, 0.5) is 4.79 Å². The Bertz CT molecular complexity index is 1110. The molecular weight excluding hydrogens is 436 g/mol. The third-order valence-electron chi connectivity index (χ3n) is 4.44. The van der Waals surface area contributed by atoms with E-state index in [1.165, 1.54) is 11.3 Å². The summed E-state index contributed by atoms with van der Waals surface area (Å²) < 4.78 is 30.6. The summed E-state index contributed by atoms with van der Waals surface area (Å²) in [6, 6.07) is 7.85. The highest BCUT2D eigenvalue weighted by molar-refractivity contribution is 7.70. The normalized spacial score (nSPS) is 11.5. The molecule has 1 N–H and O–H groups in total. The lowest BCUT2D eigenvalue weighted by Crippen LogP contribution is -2.24. The lowest BCUT2D eigenvalue weighted by molar-refractivity contribution is 0.208. The molecule has 0 radical (unpaired) electrons. The maximum atomic E-state index is 11.8. The van der Waals surface area contributed by atoms with Crippen molar-refractivity contribution >= 4 is 28.3 Å². The highest BCUT2D eigenvalue weighted by atomic mass is 32.2. The first-order valence-corrected chi connectivity index (χ1v) is 11.9. The van der Waals surface area contributed by atoms with Crippen LogP contribution in [0.3, 0.4) is 0 Å². The van der Waals surface area contributed by atoms with Crippen LogP contribution in [0.5, 0.6) is 5.06 Å². The smallest absolute Gasteiger partial charge is 0.396 e. The number of thiol groups is 1. The number of carbonyl (C=O) groups excluding carboxylic acids is 1. The zero-order valence-corrected chi connectivity index (χ0v) is 19.6. The van der Waals surface area contributed by atoms with Crippen LogP contribution in [-0.4, -0.2) is 29.0 Å². The highest BCUT2D eigenvalue weighted by Crippen LogP contribution is 2.36. The Morgan fingerprint density at radius 2 is 1.90 bits per heavy atom. The minimum absolute atomic E-state index is 0.273. The van der Waals surface area contributed by atoms with E-state index in [0.717, 1.165) is 28.4 Å². The van der Waals surface area contributed by atoms with Gasteiger partial charge in [0, 0.05) is 36.8 Å². The number of ether oxygens (including phenoxy) is 1. The topological polar surface area (TPSA) is 103 Å². The van der Waals surface area contributed by atoms with Crippen LogP contribution in [0.15, 0.2) is 36.7 Å². The zero-order valence-electron chi connectivity index (χ0n) is 17.9. The van der Waals surface area contributed by atoms with Gasteiger partial charge in [0.15, 0.2) is 0 Å². The van der Waals surface area contributed by atoms with Gasteiger partial charge in [-0.15, -0.1) is 0 Å². The van der Waals surface area contributed by atoms with Crippen LogP contribution in [0, 0.1) is 5.92 Å². The van der Waals surface area contributed by atoms with Crippen LogP contribution in [0.25, 0.3) is 11.3 Å². The van der Waals surface area contributed by atoms with Crippen LogP contribution < -0.4 is 9.46 Å². The quantitative estimate of drug-likeness (QED) is 0.491. The van der Waals surface area contributed by atoms with Gasteiger partial charge in [-0.25, -0.2) is 27.9 Å². The van der Waals surface area contributed by atoms with Gasteiger partial charge in [0.05, 0.1) is 5.01 Å². The zero-order chi connectivity index (χ0) is 22.5. The van der Waals surface area contributed by atoms with Crippen molar-refractivity contribution in [1.29, 1.82) is 0 Å². The summed E-state index contributed by atoms with van der Waals surface area (Å²) in [4.78, 5) is 20.9. The second-order valence-electron chi connectivity index (χ2n) is 7.87. The number of rotatable bonds is 8. The van der Waals surface area contributed by atoms with Gasteiger partial charge < -0.3 is 9.30 Å². The largest absolute Gasteiger partial charge is 0.427 e. The predicted octanol–water partition coefficient (Wildman–Crippen LogP) is 3.99. The fourth-order valence-electron chi connectivity index (χ4n) is 3.14. The summed E-state index contributed by atoms with van der Waals surface area (Å²) in [6.45, 7) is 9.07. The number of carbonyl (C=O) groups is 1. The Hall–Kier alpha value is -2.72. The summed E-state index contributed by atoms with van der Waals surface area (Å²) in [5.74, 6) is 1.74. The predicted molar refractivity (Wildman–Crippen MR) is 121 cm³/mol. The fourth-order valence-corrected chi connectivity index (χ4v) is 4.48. The number of nitrogens with one attached hydrogen (secondary N) is 1. The van der Waals surface area contributed by atoms with Crippen molar-refractivity contribution in [2.75, 3.05) is 0 Å². The van der Waals surface area contributed by atoms with Crippen molar-refractivity contribution in [2.45, 2.75) is 46.6 Å². The SMILES string of the molecule is CC(C)Cc1nc(-c2ccc(Cn3ccnc3C(C)C)cc2)c(OC(=O)N[SH](=O)=O)s1. The number of hydrogen-bond acceptors (Lipinski definition) is 7. The number of amides is 1. The molecule has 0 aliphatic heterocycles. The van der Waals surface area contributed by atoms with E-state index in [2.05, 4.69) is 42.2 Å². The van der Waals surface area contributed by atoms with Gasteiger partial charge in [0.2, 0.25) is 16.0 Å². The number of benzene rings is 1. The van der Waals surface area contributed by atoms with Crippen molar-refractivity contribution in [3.8, 4) is 16.3 Å². The first kappa shape index (κ1) is 23.0. The molecule has 0 unspecified atom stereocenters. The first-order chi connectivity index (χ1) is 14.7. The lowest BCUT2D eigenvalue weighted by atomic mass is 10.1. The Labute approximate surface area is 187 Å². The molecule has 0 bridgehead atoms. The van der Waals surface area contributed by atoms with E-state index in [-0.39, 0.29) is 5.06 Å². The Kier molecular flexibility index (Phi) is 7.45. The van der Waals surface area contributed by atoms with Gasteiger partial charge in [-0.05, 0) is 11.5 Å². The van der Waals surface area contributed by atoms with E-state index in [4.69, 9.17) is 4.74 Å². The van der Waals surface area contributed by atoms with Crippen LogP contribution in [-0.2, 0) is 23.9 Å². The lowest BCUT2D eigenvalue weighted by Gasteiger charge is -2.11. The van der Waals surface area contributed by atoms with E-state index >= 15 is 0 Å². The molecule has 8 nitrogen and oxygen atoms in total. The van der Waals surface area contributed by atoms with E-state index in [1.807, 2.05) is 30.5 Å². The maximum absolute atomic E-state index is 11.8. The minimum atomic E-state index is -3.09. The first-order valence-electron chi connectivity index (χ1n) is 9.95. The molecule has 1 aromatic carbocycles. The van der Waals surface area contributed by atoms with Crippen molar-refractivity contribution in [2.24, 2.45) is 5.92 Å². The molecule has 3 aromatic rings. The number of hydrogen-bond donors (Lipinski definition) is 2. The standard InChI is InChI=1S/C21H26N4O4S2/c1-13(2)11-17-23-18(20(30-17)29-21(26)24-31(27)28)16-7-5-15(6-8-16)12-25-10-9-22-19(25)14(3)4/h5-10,13-14,31H,11-12H2,1-4H3,(H,24,26,27,28). The molecule has 0 atom stereocenters. The molecule has 1 amide bonds. The number of imidazole rings is 1. The van der Waals surface area contributed by atoms with E-state index < -0.39 is 17.0 Å². The van der Waals surface area contributed by atoms with E-state index in [9.17, 15) is 13.2 Å². The second kappa shape index (κ2) is 10.1. The summed E-state index contributed by atoms with van der Waals surface area (Å²) in [5.41, 5.74) is 2.41. The summed E-state index contributed by atoms with van der Waals surface area (Å²) in [7, 11) is -3.09. The summed E-state index contributed by atoms with van der Waals surface area (Å²) in [6.07, 6.45) is 3.46. The Balaban J connectivity index is 1.85. The molecule has 166 valence electrons. The molecule has 3 rings (SSSR count). The molecule has 0 spiro atoms. The average Bonchev–Trinajstić information content (AvgIpc) is 3.28. The average molecular weight is 463 g/mol. The monoisotopic (exact) mass is 462 g/mol. The maximum Gasteiger partial charge on any atom is 0.427 e. The number of nitrogens with zero attached hydrogens (tertiary/aromatic N) is 3. The number of thiazole rings is 1. The van der Waals surface area contributed by atoms with E-state index in [1.54, 1.807) is 10.9 Å². The molecule has 31 heavy (non-hydrogen) atoms. The van der Waals surface area contributed by atoms with Crippen LogP contribution in [0.2, 0.25) is 0 Å². The van der Waals surface area contributed by atoms with Gasteiger partial charge in [0.1, 0.15) is 11.5 Å². The molecule has 0 saturated heterocycles. The summed E-state index contributed by atoms with van der Waals surface area (Å²) in [5, 5.41) is 1.10. The van der Waals surface area contributed by atoms with Crippen molar-refractivity contribution < 1.29 is 17.9 Å². The van der Waals surface area contributed by atoms with Gasteiger partial charge in [-0.2, -0.15) is 0 Å². The molecule has 0 aliphatic carbocycles. The molecule has 10 heteroatoms. The summed E-state index contributed by atoms with van der Waals surface area (Å²) >= 11 is 1.25. The van der Waals surface area contributed by atoms with Gasteiger partial charge in [0.25, 0.3) is 0 Å². The Morgan fingerprint density at radius 3 is 2.52 bits per heavy atom. The van der Waals surface area contributed by atoms with E-state index in [0.29, 0.717) is 24.1 Å². The van der Waals surface area contributed by atoms with Crippen molar-refractivity contribution in [1.82, 2.24) is 19.3 Å². The minimum Gasteiger partial charge on any atom is -0.396 e. The molecule has 0 fully saturated rings.